The van der Waals surface area contributed by atoms with E-state index in [0.29, 0.717) is 29.4 Å². The van der Waals surface area contributed by atoms with Crippen molar-refractivity contribution in [1.82, 2.24) is 4.90 Å². The smallest absolute Gasteiger partial charge is 0.336 e. The second-order valence-electron chi connectivity index (χ2n) is 7.54. The summed E-state index contributed by atoms with van der Waals surface area (Å²) in [4.78, 5) is 26.5. The van der Waals surface area contributed by atoms with Crippen LogP contribution in [-0.4, -0.2) is 17.4 Å². The van der Waals surface area contributed by atoms with Gasteiger partial charge in [-0.3, -0.25) is 4.79 Å². The van der Waals surface area contributed by atoms with Crippen LogP contribution in [0.1, 0.15) is 16.7 Å². The van der Waals surface area contributed by atoms with Gasteiger partial charge in [0.15, 0.2) is 6.61 Å². The number of rotatable bonds is 7. The molecule has 4 aromatic rings. The van der Waals surface area contributed by atoms with Crippen molar-refractivity contribution in [2.24, 2.45) is 0 Å². The third-order valence-electron chi connectivity index (χ3n) is 5.14. The molecule has 5 nitrogen and oxygen atoms in total. The van der Waals surface area contributed by atoms with Crippen molar-refractivity contribution in [3.63, 3.8) is 0 Å². The van der Waals surface area contributed by atoms with Crippen LogP contribution in [0.15, 0.2) is 88.1 Å². The van der Waals surface area contributed by atoms with E-state index >= 15 is 0 Å². The van der Waals surface area contributed by atoms with Gasteiger partial charge in [0, 0.05) is 30.6 Å². The largest absolute Gasteiger partial charge is 0.482 e. The summed E-state index contributed by atoms with van der Waals surface area (Å²) in [5, 5.41) is 1.07. The Labute approximate surface area is 190 Å². The third-order valence-corrected chi connectivity index (χ3v) is 5.44. The summed E-state index contributed by atoms with van der Waals surface area (Å²) < 4.78 is 11.0. The Morgan fingerprint density at radius 3 is 2.12 bits per heavy atom. The molecule has 0 atom stereocenters. The summed E-state index contributed by atoms with van der Waals surface area (Å²) in [6.07, 6.45) is 0. The molecule has 0 N–H and O–H groups in total. The maximum absolute atomic E-state index is 13.1. The second kappa shape index (κ2) is 9.71. The number of hydrogen-bond acceptors (Lipinski definition) is 4. The zero-order valence-electron chi connectivity index (χ0n) is 17.6. The van der Waals surface area contributed by atoms with E-state index in [1.54, 1.807) is 17.0 Å². The number of benzene rings is 3. The van der Waals surface area contributed by atoms with Crippen LogP contribution in [0.3, 0.4) is 0 Å². The molecule has 0 saturated carbocycles. The zero-order valence-corrected chi connectivity index (χ0v) is 18.3. The van der Waals surface area contributed by atoms with E-state index in [4.69, 9.17) is 20.8 Å². The molecule has 1 aromatic heterocycles. The summed E-state index contributed by atoms with van der Waals surface area (Å²) in [5.74, 6) is 0.111. The predicted octanol–water partition coefficient (Wildman–Crippen LogP) is 5.36. The van der Waals surface area contributed by atoms with E-state index in [1.807, 2.05) is 67.6 Å². The molecular formula is C26H22ClNO4. The molecule has 0 radical (unpaired) electrons. The van der Waals surface area contributed by atoms with Crippen LogP contribution < -0.4 is 10.4 Å². The summed E-state index contributed by atoms with van der Waals surface area (Å²) in [7, 11) is 0. The molecule has 0 fully saturated rings. The third kappa shape index (κ3) is 5.18. The number of ether oxygens (including phenoxy) is 1. The number of carbonyl (C=O) groups excluding carboxylic acids is 1. The van der Waals surface area contributed by atoms with Gasteiger partial charge in [-0.1, -0.05) is 72.3 Å². The summed E-state index contributed by atoms with van der Waals surface area (Å²) in [6, 6.07) is 24.2. The maximum Gasteiger partial charge on any atom is 0.336 e. The van der Waals surface area contributed by atoms with Gasteiger partial charge in [0.1, 0.15) is 11.3 Å². The molecule has 0 aliphatic heterocycles. The molecule has 0 bridgehead atoms. The molecule has 4 rings (SSSR count). The minimum atomic E-state index is -0.448. The Morgan fingerprint density at radius 1 is 0.938 bits per heavy atom. The van der Waals surface area contributed by atoms with Gasteiger partial charge >= 0.3 is 5.63 Å². The number of halogens is 1. The molecule has 162 valence electrons. The fraction of sp³-hybridized carbons (Fsp3) is 0.154. The van der Waals surface area contributed by atoms with E-state index in [-0.39, 0.29) is 12.5 Å². The van der Waals surface area contributed by atoms with Gasteiger partial charge in [-0.05, 0) is 29.7 Å². The van der Waals surface area contributed by atoms with Crippen LogP contribution in [0, 0.1) is 6.92 Å². The zero-order chi connectivity index (χ0) is 22.5. The van der Waals surface area contributed by atoms with E-state index in [1.165, 1.54) is 6.07 Å². The highest BCUT2D eigenvalue weighted by molar-refractivity contribution is 6.32. The monoisotopic (exact) mass is 447 g/mol. The molecule has 32 heavy (non-hydrogen) atoms. The lowest BCUT2D eigenvalue weighted by Crippen LogP contribution is -2.34. The van der Waals surface area contributed by atoms with E-state index < -0.39 is 5.63 Å². The second-order valence-corrected chi connectivity index (χ2v) is 7.94. The molecule has 6 heteroatoms. The van der Waals surface area contributed by atoms with Crippen molar-refractivity contribution in [2.75, 3.05) is 6.61 Å². The lowest BCUT2D eigenvalue weighted by Gasteiger charge is -2.23. The highest BCUT2D eigenvalue weighted by atomic mass is 35.5. The van der Waals surface area contributed by atoms with Crippen molar-refractivity contribution >= 4 is 28.5 Å². The van der Waals surface area contributed by atoms with Crippen LogP contribution in [0.25, 0.3) is 11.0 Å². The number of hydrogen-bond donors (Lipinski definition) is 0. The van der Waals surface area contributed by atoms with Crippen LogP contribution in [-0.2, 0) is 17.9 Å². The molecule has 3 aromatic carbocycles. The first-order valence-electron chi connectivity index (χ1n) is 10.2. The highest BCUT2D eigenvalue weighted by Crippen LogP contribution is 2.31. The minimum Gasteiger partial charge on any atom is -0.482 e. The van der Waals surface area contributed by atoms with Crippen molar-refractivity contribution in [1.29, 1.82) is 0 Å². The van der Waals surface area contributed by atoms with Gasteiger partial charge in [0.25, 0.3) is 5.91 Å². The first-order valence-corrected chi connectivity index (χ1v) is 10.6. The van der Waals surface area contributed by atoms with Gasteiger partial charge in [0.2, 0.25) is 0 Å². The van der Waals surface area contributed by atoms with Crippen LogP contribution in [0.4, 0.5) is 0 Å². The number of carbonyl (C=O) groups is 1. The standard InChI is InChI=1S/C26H22ClNO4/c1-18-12-26(30)32-23-14-24(22(27)13-21(18)23)31-17-25(29)28(15-19-8-4-2-5-9-19)16-20-10-6-3-7-11-20/h2-14H,15-17H2,1H3. The molecule has 0 saturated heterocycles. The first-order chi connectivity index (χ1) is 15.5. The molecule has 0 unspecified atom stereocenters. The Kier molecular flexibility index (Phi) is 6.57. The topological polar surface area (TPSA) is 59.8 Å². The average Bonchev–Trinajstić information content (AvgIpc) is 2.79. The molecular weight excluding hydrogens is 426 g/mol. The summed E-state index contributed by atoms with van der Waals surface area (Å²) in [5.41, 5.74) is 2.73. The van der Waals surface area contributed by atoms with Gasteiger partial charge in [-0.2, -0.15) is 0 Å². The Hall–Kier alpha value is -3.57. The first kappa shape index (κ1) is 21.7. The lowest BCUT2D eigenvalue weighted by molar-refractivity contribution is -0.134. The van der Waals surface area contributed by atoms with Crippen LogP contribution in [0.5, 0.6) is 5.75 Å². The fourth-order valence-electron chi connectivity index (χ4n) is 3.50. The van der Waals surface area contributed by atoms with Crippen molar-refractivity contribution in [3.05, 3.63) is 111 Å². The molecule has 1 amide bonds. The van der Waals surface area contributed by atoms with Crippen LogP contribution in [0.2, 0.25) is 5.02 Å². The highest BCUT2D eigenvalue weighted by Gasteiger charge is 2.17. The quantitative estimate of drug-likeness (QED) is 0.358. The Bertz CT molecular complexity index is 1240. The summed E-state index contributed by atoms with van der Waals surface area (Å²) >= 11 is 6.37. The Morgan fingerprint density at radius 2 is 1.53 bits per heavy atom. The number of nitrogens with zero attached hydrogens (tertiary/aromatic N) is 1. The Balaban J connectivity index is 1.54. The van der Waals surface area contributed by atoms with Gasteiger partial charge in [-0.15, -0.1) is 0 Å². The maximum atomic E-state index is 13.1. The molecule has 0 aliphatic carbocycles. The average molecular weight is 448 g/mol. The molecule has 1 heterocycles. The van der Waals surface area contributed by atoms with Crippen molar-refractivity contribution in [3.8, 4) is 5.75 Å². The minimum absolute atomic E-state index is 0.181. The van der Waals surface area contributed by atoms with E-state index in [9.17, 15) is 9.59 Å². The van der Waals surface area contributed by atoms with Crippen molar-refractivity contribution in [2.45, 2.75) is 20.0 Å². The van der Waals surface area contributed by atoms with Crippen LogP contribution >= 0.6 is 11.6 Å². The lowest BCUT2D eigenvalue weighted by atomic mass is 10.1. The molecule has 0 spiro atoms. The molecule has 0 aliphatic rings. The summed E-state index contributed by atoms with van der Waals surface area (Å²) in [6.45, 7) is 2.53. The number of amides is 1. The van der Waals surface area contributed by atoms with E-state index in [0.717, 1.165) is 22.1 Å². The van der Waals surface area contributed by atoms with Crippen molar-refractivity contribution < 1.29 is 13.9 Å². The number of aryl methyl sites for hydroxylation is 1. The van der Waals surface area contributed by atoms with Gasteiger partial charge < -0.3 is 14.1 Å². The fourth-order valence-corrected chi connectivity index (χ4v) is 3.72. The number of fused-ring (bicyclic) bond motifs is 1. The normalized spacial score (nSPS) is 10.8. The van der Waals surface area contributed by atoms with E-state index in [2.05, 4.69) is 0 Å². The van der Waals surface area contributed by atoms with Gasteiger partial charge in [-0.25, -0.2) is 4.79 Å². The predicted molar refractivity (Wildman–Crippen MR) is 125 cm³/mol. The van der Waals surface area contributed by atoms with Gasteiger partial charge in [0.05, 0.1) is 5.02 Å². The SMILES string of the molecule is Cc1cc(=O)oc2cc(OCC(=O)N(Cc3ccccc3)Cc3ccccc3)c(Cl)cc12.